The lowest BCUT2D eigenvalue weighted by molar-refractivity contribution is 0.734. The Labute approximate surface area is 119 Å². The number of benzene rings is 1. The van der Waals surface area contributed by atoms with Gasteiger partial charge in [0.1, 0.15) is 0 Å². The standard InChI is InChI=1S/C15H21N3S/c1-4-16-10-13-11-17-15(19-13)18(5-2)14-9-7-6-8-12(14)3/h6-9,11,16H,4-5,10H2,1-3H3. The van der Waals surface area contributed by atoms with E-state index in [1.165, 1.54) is 16.1 Å². The molecule has 0 amide bonds. The van der Waals surface area contributed by atoms with Gasteiger partial charge in [-0.2, -0.15) is 0 Å². The zero-order valence-electron chi connectivity index (χ0n) is 11.8. The van der Waals surface area contributed by atoms with Crippen molar-refractivity contribution < 1.29 is 0 Å². The number of hydrogen-bond donors (Lipinski definition) is 1. The minimum absolute atomic E-state index is 0.902. The van der Waals surface area contributed by atoms with Gasteiger partial charge in [0, 0.05) is 29.9 Å². The van der Waals surface area contributed by atoms with Gasteiger partial charge in [-0.3, -0.25) is 0 Å². The van der Waals surface area contributed by atoms with Crippen LogP contribution in [0.5, 0.6) is 0 Å². The van der Waals surface area contributed by atoms with Crippen LogP contribution in [0.25, 0.3) is 0 Å². The molecule has 1 N–H and O–H groups in total. The summed E-state index contributed by atoms with van der Waals surface area (Å²) < 4.78 is 0. The van der Waals surface area contributed by atoms with Crippen molar-refractivity contribution in [2.24, 2.45) is 0 Å². The summed E-state index contributed by atoms with van der Waals surface area (Å²) in [6, 6.07) is 8.46. The average molecular weight is 275 g/mol. The van der Waals surface area contributed by atoms with Gasteiger partial charge < -0.3 is 10.2 Å². The second-order valence-electron chi connectivity index (χ2n) is 4.42. The van der Waals surface area contributed by atoms with E-state index in [2.05, 4.69) is 60.2 Å². The first kappa shape index (κ1) is 14.0. The molecule has 0 saturated carbocycles. The van der Waals surface area contributed by atoms with Crippen LogP contribution in [-0.2, 0) is 6.54 Å². The van der Waals surface area contributed by atoms with Crippen molar-refractivity contribution in [1.82, 2.24) is 10.3 Å². The van der Waals surface area contributed by atoms with Crippen molar-refractivity contribution in [2.75, 3.05) is 18.0 Å². The van der Waals surface area contributed by atoms with Crippen LogP contribution in [0.4, 0.5) is 10.8 Å². The summed E-state index contributed by atoms with van der Waals surface area (Å²) in [6.45, 7) is 9.25. The highest BCUT2D eigenvalue weighted by Crippen LogP contribution is 2.31. The van der Waals surface area contributed by atoms with Gasteiger partial charge >= 0.3 is 0 Å². The molecule has 3 nitrogen and oxygen atoms in total. The van der Waals surface area contributed by atoms with Crippen molar-refractivity contribution in [3.05, 3.63) is 40.9 Å². The van der Waals surface area contributed by atoms with Crippen molar-refractivity contribution in [3.63, 3.8) is 0 Å². The molecular weight excluding hydrogens is 254 g/mol. The Morgan fingerprint density at radius 3 is 2.74 bits per heavy atom. The smallest absolute Gasteiger partial charge is 0.190 e. The largest absolute Gasteiger partial charge is 0.318 e. The summed E-state index contributed by atoms with van der Waals surface area (Å²) in [5.41, 5.74) is 2.53. The minimum atomic E-state index is 0.902. The Bertz CT molecular complexity index is 522. The predicted octanol–water partition coefficient (Wildman–Crippen LogP) is 3.72. The normalized spacial score (nSPS) is 10.7. The number of nitrogens with one attached hydrogen (secondary N) is 1. The van der Waals surface area contributed by atoms with Gasteiger partial charge in [-0.25, -0.2) is 4.98 Å². The molecule has 102 valence electrons. The number of hydrogen-bond acceptors (Lipinski definition) is 4. The quantitative estimate of drug-likeness (QED) is 0.871. The summed E-state index contributed by atoms with van der Waals surface area (Å²) in [5.74, 6) is 0. The van der Waals surface area contributed by atoms with Gasteiger partial charge in [-0.15, -0.1) is 11.3 Å². The maximum atomic E-state index is 4.56. The number of thiazole rings is 1. The number of rotatable bonds is 6. The summed E-state index contributed by atoms with van der Waals surface area (Å²) >= 11 is 1.76. The molecule has 0 spiro atoms. The first-order chi connectivity index (χ1) is 9.26. The van der Waals surface area contributed by atoms with E-state index in [4.69, 9.17) is 0 Å². The highest BCUT2D eigenvalue weighted by atomic mass is 32.1. The molecule has 0 radical (unpaired) electrons. The summed E-state index contributed by atoms with van der Waals surface area (Å²) in [7, 11) is 0. The monoisotopic (exact) mass is 275 g/mol. The zero-order valence-corrected chi connectivity index (χ0v) is 12.6. The molecule has 1 aromatic heterocycles. The average Bonchev–Trinajstić information content (AvgIpc) is 2.88. The van der Waals surface area contributed by atoms with Crippen molar-refractivity contribution in [1.29, 1.82) is 0 Å². The number of aryl methyl sites for hydroxylation is 1. The summed E-state index contributed by atoms with van der Waals surface area (Å²) in [4.78, 5) is 8.12. The Morgan fingerprint density at radius 1 is 1.26 bits per heavy atom. The molecule has 1 aromatic carbocycles. The Kier molecular flexibility index (Phi) is 4.93. The molecule has 0 atom stereocenters. The molecule has 0 saturated heterocycles. The van der Waals surface area contributed by atoms with E-state index < -0.39 is 0 Å². The highest BCUT2D eigenvalue weighted by Gasteiger charge is 2.13. The van der Waals surface area contributed by atoms with Crippen molar-refractivity contribution in [2.45, 2.75) is 27.3 Å². The molecule has 0 aliphatic heterocycles. The van der Waals surface area contributed by atoms with Crippen LogP contribution < -0.4 is 10.2 Å². The maximum absolute atomic E-state index is 4.56. The minimum Gasteiger partial charge on any atom is -0.318 e. The zero-order chi connectivity index (χ0) is 13.7. The van der Waals surface area contributed by atoms with Gasteiger partial charge in [-0.1, -0.05) is 25.1 Å². The topological polar surface area (TPSA) is 28.2 Å². The summed E-state index contributed by atoms with van der Waals surface area (Å²) in [5, 5.41) is 4.41. The van der Waals surface area contributed by atoms with Crippen molar-refractivity contribution >= 4 is 22.2 Å². The van der Waals surface area contributed by atoms with E-state index in [0.717, 1.165) is 24.8 Å². The lowest BCUT2D eigenvalue weighted by Crippen LogP contribution is -2.16. The second-order valence-corrected chi connectivity index (χ2v) is 5.51. The fourth-order valence-corrected chi connectivity index (χ4v) is 2.98. The molecule has 0 aliphatic rings. The van der Waals surface area contributed by atoms with E-state index in [-0.39, 0.29) is 0 Å². The van der Waals surface area contributed by atoms with E-state index >= 15 is 0 Å². The lowest BCUT2D eigenvalue weighted by Gasteiger charge is -2.21. The molecule has 4 heteroatoms. The first-order valence-electron chi connectivity index (χ1n) is 6.74. The van der Waals surface area contributed by atoms with Crippen LogP contribution in [-0.4, -0.2) is 18.1 Å². The Hall–Kier alpha value is -1.39. The maximum Gasteiger partial charge on any atom is 0.190 e. The summed E-state index contributed by atoms with van der Waals surface area (Å²) in [6.07, 6.45) is 1.98. The Balaban J connectivity index is 2.22. The van der Waals surface area contributed by atoms with E-state index in [0.29, 0.717) is 0 Å². The molecule has 0 aliphatic carbocycles. The van der Waals surface area contributed by atoms with Crippen LogP contribution in [0, 0.1) is 6.92 Å². The van der Waals surface area contributed by atoms with Crippen LogP contribution in [0.1, 0.15) is 24.3 Å². The number of para-hydroxylation sites is 1. The number of anilines is 2. The highest BCUT2D eigenvalue weighted by molar-refractivity contribution is 7.15. The number of aromatic nitrogens is 1. The van der Waals surface area contributed by atoms with Crippen LogP contribution >= 0.6 is 11.3 Å². The molecule has 1 heterocycles. The van der Waals surface area contributed by atoms with E-state index in [1.54, 1.807) is 11.3 Å². The van der Waals surface area contributed by atoms with Gasteiger partial charge in [0.25, 0.3) is 0 Å². The SMILES string of the molecule is CCNCc1cnc(N(CC)c2ccccc2C)s1. The van der Waals surface area contributed by atoms with Gasteiger partial charge in [0.15, 0.2) is 5.13 Å². The number of nitrogens with zero attached hydrogens (tertiary/aromatic N) is 2. The molecule has 2 aromatic rings. The van der Waals surface area contributed by atoms with Gasteiger partial charge in [-0.05, 0) is 32.0 Å². The van der Waals surface area contributed by atoms with Gasteiger partial charge in [0.05, 0.1) is 0 Å². The van der Waals surface area contributed by atoms with Crippen LogP contribution in [0.2, 0.25) is 0 Å². The molecular formula is C15H21N3S. The second kappa shape index (κ2) is 6.68. The third-order valence-corrected chi connectivity index (χ3v) is 4.06. The van der Waals surface area contributed by atoms with E-state index in [1.807, 2.05) is 6.20 Å². The van der Waals surface area contributed by atoms with Crippen molar-refractivity contribution in [3.8, 4) is 0 Å². The van der Waals surface area contributed by atoms with E-state index in [9.17, 15) is 0 Å². The van der Waals surface area contributed by atoms with Crippen LogP contribution in [0.3, 0.4) is 0 Å². The molecule has 0 unspecified atom stereocenters. The molecule has 19 heavy (non-hydrogen) atoms. The Morgan fingerprint density at radius 2 is 2.05 bits per heavy atom. The fourth-order valence-electron chi connectivity index (χ4n) is 2.03. The molecule has 0 bridgehead atoms. The van der Waals surface area contributed by atoms with Crippen LogP contribution in [0.15, 0.2) is 30.5 Å². The third kappa shape index (κ3) is 3.33. The molecule has 2 rings (SSSR count). The third-order valence-electron chi connectivity index (χ3n) is 3.04. The fraction of sp³-hybridized carbons (Fsp3) is 0.400. The lowest BCUT2D eigenvalue weighted by atomic mass is 10.2. The van der Waals surface area contributed by atoms with Gasteiger partial charge in [0.2, 0.25) is 0 Å². The first-order valence-corrected chi connectivity index (χ1v) is 7.56. The predicted molar refractivity (Wildman–Crippen MR) is 83.4 cm³/mol. The molecule has 0 fully saturated rings.